The second-order valence-corrected chi connectivity index (χ2v) is 3.77. The molecule has 0 saturated carbocycles. The number of ether oxygens (including phenoxy) is 1. The minimum absolute atomic E-state index is 0.170. The molecule has 0 aliphatic heterocycles. The molecule has 0 spiro atoms. The highest BCUT2D eigenvalue weighted by Gasteiger charge is 2.02. The van der Waals surface area contributed by atoms with Crippen molar-refractivity contribution in [1.82, 2.24) is 0 Å². The van der Waals surface area contributed by atoms with Crippen molar-refractivity contribution in [2.24, 2.45) is 0 Å². The van der Waals surface area contributed by atoms with E-state index in [1.807, 2.05) is 0 Å². The molecule has 1 aromatic carbocycles. The lowest BCUT2D eigenvalue weighted by molar-refractivity contribution is 0.355. The van der Waals surface area contributed by atoms with Gasteiger partial charge in [-0.25, -0.2) is 4.39 Å². The van der Waals surface area contributed by atoms with Gasteiger partial charge in [-0.2, -0.15) is 0 Å². The van der Waals surface area contributed by atoms with E-state index in [0.29, 0.717) is 15.3 Å². The highest BCUT2D eigenvalue weighted by atomic mass is 79.9. The fraction of sp³-hybridized carbons (Fsp3) is 0.111. The molecule has 70 valence electrons. The zero-order chi connectivity index (χ0) is 9.84. The van der Waals surface area contributed by atoms with Crippen LogP contribution >= 0.6 is 27.5 Å². The Morgan fingerprint density at radius 3 is 2.92 bits per heavy atom. The predicted molar refractivity (Wildman–Crippen MR) is 54.6 cm³/mol. The smallest absolute Gasteiger partial charge is 0.136 e. The van der Waals surface area contributed by atoms with E-state index in [2.05, 4.69) is 22.5 Å². The first-order valence-electron chi connectivity index (χ1n) is 3.50. The fourth-order valence-electron chi connectivity index (χ4n) is 0.744. The summed E-state index contributed by atoms with van der Waals surface area (Å²) < 4.78 is 18.6. The van der Waals surface area contributed by atoms with Gasteiger partial charge >= 0.3 is 0 Å². The van der Waals surface area contributed by atoms with Crippen LogP contribution < -0.4 is 4.74 Å². The molecule has 0 aliphatic rings. The number of hydrogen-bond donors (Lipinski definition) is 0. The lowest BCUT2D eigenvalue weighted by atomic mass is 10.3. The topological polar surface area (TPSA) is 9.23 Å². The van der Waals surface area contributed by atoms with E-state index >= 15 is 0 Å². The monoisotopic (exact) mass is 264 g/mol. The fourth-order valence-corrected chi connectivity index (χ4v) is 1.16. The first-order chi connectivity index (χ1) is 6.09. The lowest BCUT2D eigenvalue weighted by Crippen LogP contribution is -1.97. The Morgan fingerprint density at radius 1 is 1.62 bits per heavy atom. The van der Waals surface area contributed by atoms with Crippen LogP contribution in [-0.2, 0) is 0 Å². The van der Waals surface area contributed by atoms with Gasteiger partial charge in [0.15, 0.2) is 0 Å². The van der Waals surface area contributed by atoms with Gasteiger partial charge in [0.05, 0.1) is 4.47 Å². The minimum Gasteiger partial charge on any atom is -0.487 e. The molecule has 1 aromatic rings. The first-order valence-corrected chi connectivity index (χ1v) is 4.68. The van der Waals surface area contributed by atoms with Gasteiger partial charge in [0.1, 0.15) is 18.2 Å². The van der Waals surface area contributed by atoms with Crippen molar-refractivity contribution >= 4 is 27.5 Å². The molecule has 0 saturated heterocycles. The van der Waals surface area contributed by atoms with Crippen LogP contribution in [-0.4, -0.2) is 6.61 Å². The van der Waals surface area contributed by atoms with Gasteiger partial charge in [-0.1, -0.05) is 18.2 Å². The summed E-state index contributed by atoms with van der Waals surface area (Å²) in [5, 5.41) is 0.371. The first kappa shape index (κ1) is 10.5. The van der Waals surface area contributed by atoms with Crippen LogP contribution in [0.4, 0.5) is 4.39 Å². The molecule has 13 heavy (non-hydrogen) atoms. The van der Waals surface area contributed by atoms with Gasteiger partial charge in [0.2, 0.25) is 0 Å². The van der Waals surface area contributed by atoms with Gasteiger partial charge in [-0.15, -0.1) is 0 Å². The van der Waals surface area contributed by atoms with Crippen molar-refractivity contribution in [3.8, 4) is 5.75 Å². The predicted octanol–water partition coefficient (Wildman–Crippen LogP) is 3.72. The number of hydrogen-bond acceptors (Lipinski definition) is 1. The van der Waals surface area contributed by atoms with E-state index in [9.17, 15) is 4.39 Å². The van der Waals surface area contributed by atoms with Crippen molar-refractivity contribution in [3.05, 3.63) is 40.1 Å². The second-order valence-electron chi connectivity index (χ2n) is 2.38. The van der Waals surface area contributed by atoms with Crippen LogP contribution in [0, 0.1) is 5.82 Å². The zero-order valence-corrected chi connectivity index (χ0v) is 9.03. The number of halogens is 3. The summed E-state index contributed by atoms with van der Waals surface area (Å²) in [6, 6.07) is 4.19. The summed E-state index contributed by atoms with van der Waals surface area (Å²) in [7, 11) is 0. The maximum atomic E-state index is 12.7. The summed E-state index contributed by atoms with van der Waals surface area (Å²) in [6.07, 6.45) is 0. The molecular weight excluding hydrogens is 258 g/mol. The standard InChI is InChI=1S/C9H7BrClFO/c1-6(11)5-13-9-4-7(12)2-3-8(9)10/h2-4H,1,5H2. The minimum atomic E-state index is -0.349. The quantitative estimate of drug-likeness (QED) is 0.809. The van der Waals surface area contributed by atoms with Crippen molar-refractivity contribution < 1.29 is 9.13 Å². The average molecular weight is 266 g/mol. The average Bonchev–Trinajstić information content (AvgIpc) is 2.06. The second kappa shape index (κ2) is 4.63. The Labute approximate surface area is 89.3 Å². The van der Waals surface area contributed by atoms with E-state index < -0.39 is 0 Å². The molecule has 0 fully saturated rings. The SMILES string of the molecule is C=C(Cl)COc1cc(F)ccc1Br. The highest BCUT2D eigenvalue weighted by molar-refractivity contribution is 9.10. The number of benzene rings is 1. The van der Waals surface area contributed by atoms with Gasteiger partial charge in [0, 0.05) is 11.1 Å². The molecule has 0 aromatic heterocycles. The lowest BCUT2D eigenvalue weighted by Gasteiger charge is -2.06. The largest absolute Gasteiger partial charge is 0.487 e. The van der Waals surface area contributed by atoms with Crippen LogP contribution in [0.3, 0.4) is 0 Å². The molecule has 1 rings (SSSR count). The van der Waals surface area contributed by atoms with Gasteiger partial charge < -0.3 is 4.74 Å². The summed E-state index contributed by atoms with van der Waals surface area (Å²) >= 11 is 8.71. The molecule has 0 bridgehead atoms. The van der Waals surface area contributed by atoms with E-state index in [-0.39, 0.29) is 12.4 Å². The highest BCUT2D eigenvalue weighted by Crippen LogP contribution is 2.25. The maximum absolute atomic E-state index is 12.7. The Bertz CT molecular complexity index is 327. The van der Waals surface area contributed by atoms with E-state index in [0.717, 1.165) is 0 Å². The Hall–Kier alpha value is -0.540. The van der Waals surface area contributed by atoms with Gasteiger partial charge in [-0.3, -0.25) is 0 Å². The molecule has 0 atom stereocenters. The Kier molecular flexibility index (Phi) is 3.75. The molecule has 0 radical (unpaired) electrons. The molecule has 0 heterocycles. The van der Waals surface area contributed by atoms with E-state index in [1.165, 1.54) is 12.1 Å². The Morgan fingerprint density at radius 2 is 2.31 bits per heavy atom. The molecule has 0 N–H and O–H groups in total. The van der Waals surface area contributed by atoms with Crippen LogP contribution in [0.2, 0.25) is 0 Å². The van der Waals surface area contributed by atoms with Crippen molar-refractivity contribution in [1.29, 1.82) is 0 Å². The third kappa shape index (κ3) is 3.36. The van der Waals surface area contributed by atoms with Crippen LogP contribution in [0.25, 0.3) is 0 Å². The van der Waals surface area contributed by atoms with E-state index in [4.69, 9.17) is 16.3 Å². The Balaban J connectivity index is 2.75. The summed E-state index contributed by atoms with van der Waals surface area (Å²) in [5.74, 6) is 0.0696. The van der Waals surface area contributed by atoms with Crippen LogP contribution in [0.15, 0.2) is 34.3 Å². The molecule has 0 aliphatic carbocycles. The maximum Gasteiger partial charge on any atom is 0.136 e. The molecule has 0 amide bonds. The third-order valence-electron chi connectivity index (χ3n) is 1.28. The zero-order valence-electron chi connectivity index (χ0n) is 6.69. The summed E-state index contributed by atoms with van der Waals surface area (Å²) in [4.78, 5) is 0. The van der Waals surface area contributed by atoms with Gasteiger partial charge in [-0.05, 0) is 28.1 Å². The molecule has 0 unspecified atom stereocenters. The van der Waals surface area contributed by atoms with Crippen molar-refractivity contribution in [2.75, 3.05) is 6.61 Å². The molecule has 1 nitrogen and oxygen atoms in total. The molecular formula is C9H7BrClFO. The normalized spacial score (nSPS) is 9.77. The van der Waals surface area contributed by atoms with Crippen molar-refractivity contribution in [2.45, 2.75) is 0 Å². The van der Waals surface area contributed by atoms with E-state index in [1.54, 1.807) is 6.07 Å². The molecule has 4 heteroatoms. The van der Waals surface area contributed by atoms with Crippen LogP contribution in [0.1, 0.15) is 0 Å². The number of rotatable bonds is 3. The third-order valence-corrected chi connectivity index (χ3v) is 2.04. The summed E-state index contributed by atoms with van der Waals surface area (Å²) in [6.45, 7) is 3.62. The van der Waals surface area contributed by atoms with Crippen molar-refractivity contribution in [3.63, 3.8) is 0 Å². The van der Waals surface area contributed by atoms with Gasteiger partial charge in [0.25, 0.3) is 0 Å². The van der Waals surface area contributed by atoms with Crippen LogP contribution in [0.5, 0.6) is 5.75 Å². The summed E-state index contributed by atoms with van der Waals surface area (Å²) in [5.41, 5.74) is 0.